The van der Waals surface area contributed by atoms with Gasteiger partial charge in [0, 0.05) is 6.04 Å². The zero-order valence-corrected chi connectivity index (χ0v) is 9.10. The topological polar surface area (TPSA) is 35.8 Å². The van der Waals surface area contributed by atoms with Crippen LogP contribution in [0.15, 0.2) is 18.2 Å². The predicted octanol–water partition coefficient (Wildman–Crippen LogP) is 3.36. The highest BCUT2D eigenvalue weighted by molar-refractivity contribution is 6.33. The number of rotatable bonds is 3. The lowest BCUT2D eigenvalue weighted by Crippen LogP contribution is -2.15. The standard InChI is InChI=1S/C11H13ClN2/c1-8-4-3-5-10(12)11(8)14-9(2)6-7-13/h3-5,9,14H,6H2,1-2H3. The molecule has 0 bridgehead atoms. The molecular weight excluding hydrogens is 196 g/mol. The van der Waals surface area contributed by atoms with Gasteiger partial charge in [-0.15, -0.1) is 0 Å². The first-order valence-corrected chi connectivity index (χ1v) is 4.91. The number of nitrogens with zero attached hydrogens (tertiary/aromatic N) is 1. The Labute approximate surface area is 89.5 Å². The van der Waals surface area contributed by atoms with Gasteiger partial charge in [-0.3, -0.25) is 0 Å². The molecule has 0 aliphatic rings. The molecule has 0 saturated carbocycles. The van der Waals surface area contributed by atoms with Gasteiger partial charge in [0.2, 0.25) is 0 Å². The van der Waals surface area contributed by atoms with Crippen LogP contribution in [0.3, 0.4) is 0 Å². The summed E-state index contributed by atoms with van der Waals surface area (Å²) < 4.78 is 0. The van der Waals surface area contributed by atoms with Gasteiger partial charge in [-0.05, 0) is 25.5 Å². The molecule has 1 atom stereocenters. The van der Waals surface area contributed by atoms with Gasteiger partial charge in [-0.1, -0.05) is 23.7 Å². The van der Waals surface area contributed by atoms with Crippen LogP contribution in [0.25, 0.3) is 0 Å². The first kappa shape index (κ1) is 10.9. The van der Waals surface area contributed by atoms with Crippen molar-refractivity contribution >= 4 is 17.3 Å². The summed E-state index contributed by atoms with van der Waals surface area (Å²) in [4.78, 5) is 0. The van der Waals surface area contributed by atoms with E-state index in [9.17, 15) is 0 Å². The number of hydrogen-bond donors (Lipinski definition) is 1. The monoisotopic (exact) mass is 208 g/mol. The molecule has 1 aromatic carbocycles. The molecule has 3 heteroatoms. The molecule has 0 fully saturated rings. The maximum atomic E-state index is 8.53. The third-order valence-corrected chi connectivity index (χ3v) is 2.33. The third kappa shape index (κ3) is 2.65. The summed E-state index contributed by atoms with van der Waals surface area (Å²) in [7, 11) is 0. The zero-order valence-electron chi connectivity index (χ0n) is 8.34. The molecule has 1 N–H and O–H groups in total. The Bertz CT molecular complexity index is 335. The Morgan fingerprint density at radius 1 is 1.57 bits per heavy atom. The van der Waals surface area contributed by atoms with Gasteiger partial charge in [0.15, 0.2) is 0 Å². The smallest absolute Gasteiger partial charge is 0.0643 e. The van der Waals surface area contributed by atoms with Gasteiger partial charge < -0.3 is 5.32 Å². The van der Waals surface area contributed by atoms with Crippen LogP contribution in [-0.2, 0) is 0 Å². The zero-order chi connectivity index (χ0) is 10.6. The fourth-order valence-electron chi connectivity index (χ4n) is 1.25. The van der Waals surface area contributed by atoms with Crippen LogP contribution < -0.4 is 5.32 Å². The highest BCUT2D eigenvalue weighted by Crippen LogP contribution is 2.26. The highest BCUT2D eigenvalue weighted by atomic mass is 35.5. The van der Waals surface area contributed by atoms with Crippen LogP contribution in [0.5, 0.6) is 0 Å². The second-order valence-electron chi connectivity index (χ2n) is 3.34. The summed E-state index contributed by atoms with van der Waals surface area (Å²) in [6.07, 6.45) is 0.477. The summed E-state index contributed by atoms with van der Waals surface area (Å²) in [5, 5.41) is 12.5. The Balaban J connectivity index is 2.81. The van der Waals surface area contributed by atoms with Crippen molar-refractivity contribution in [2.24, 2.45) is 0 Å². The van der Waals surface area contributed by atoms with Crippen LogP contribution in [0, 0.1) is 18.3 Å². The van der Waals surface area contributed by atoms with Gasteiger partial charge in [-0.2, -0.15) is 5.26 Å². The summed E-state index contributed by atoms with van der Waals surface area (Å²) >= 11 is 6.03. The molecule has 1 aromatic rings. The van der Waals surface area contributed by atoms with Crippen molar-refractivity contribution in [3.05, 3.63) is 28.8 Å². The van der Waals surface area contributed by atoms with Crippen molar-refractivity contribution in [1.82, 2.24) is 0 Å². The number of para-hydroxylation sites is 1. The van der Waals surface area contributed by atoms with Crippen LogP contribution in [0.4, 0.5) is 5.69 Å². The number of nitriles is 1. The lowest BCUT2D eigenvalue weighted by atomic mass is 10.1. The molecule has 0 heterocycles. The largest absolute Gasteiger partial charge is 0.380 e. The molecule has 0 radical (unpaired) electrons. The Morgan fingerprint density at radius 3 is 2.86 bits per heavy atom. The van der Waals surface area contributed by atoms with Crippen molar-refractivity contribution in [3.8, 4) is 6.07 Å². The second-order valence-corrected chi connectivity index (χ2v) is 3.75. The molecular formula is C11H13ClN2. The number of aryl methyl sites for hydroxylation is 1. The molecule has 0 aliphatic carbocycles. The summed E-state index contributed by atoms with van der Waals surface area (Å²) in [5.41, 5.74) is 2.03. The third-order valence-electron chi connectivity index (χ3n) is 2.01. The van der Waals surface area contributed by atoms with E-state index in [4.69, 9.17) is 16.9 Å². The van der Waals surface area contributed by atoms with E-state index in [0.29, 0.717) is 11.4 Å². The molecule has 0 amide bonds. The highest BCUT2D eigenvalue weighted by Gasteiger charge is 2.06. The van der Waals surface area contributed by atoms with Crippen molar-refractivity contribution < 1.29 is 0 Å². The summed E-state index contributed by atoms with van der Waals surface area (Å²) in [5.74, 6) is 0. The summed E-state index contributed by atoms with van der Waals surface area (Å²) in [6.45, 7) is 3.96. The fraction of sp³-hybridized carbons (Fsp3) is 0.364. The van der Waals surface area contributed by atoms with Crippen LogP contribution >= 0.6 is 11.6 Å². The molecule has 1 rings (SSSR count). The maximum absolute atomic E-state index is 8.53. The molecule has 0 saturated heterocycles. The minimum atomic E-state index is 0.124. The van der Waals surface area contributed by atoms with E-state index in [2.05, 4.69) is 11.4 Å². The Morgan fingerprint density at radius 2 is 2.29 bits per heavy atom. The molecule has 0 aliphatic heterocycles. The quantitative estimate of drug-likeness (QED) is 0.827. The Kier molecular flexibility index (Phi) is 3.79. The number of nitrogens with one attached hydrogen (secondary N) is 1. The van der Waals surface area contributed by atoms with E-state index in [-0.39, 0.29) is 6.04 Å². The number of hydrogen-bond acceptors (Lipinski definition) is 2. The van der Waals surface area contributed by atoms with Gasteiger partial charge in [-0.25, -0.2) is 0 Å². The first-order valence-electron chi connectivity index (χ1n) is 4.53. The maximum Gasteiger partial charge on any atom is 0.0643 e. The fourth-order valence-corrected chi connectivity index (χ4v) is 1.53. The molecule has 14 heavy (non-hydrogen) atoms. The SMILES string of the molecule is Cc1cccc(Cl)c1NC(C)CC#N. The van der Waals surface area contributed by atoms with E-state index >= 15 is 0 Å². The van der Waals surface area contributed by atoms with E-state index in [1.165, 1.54) is 0 Å². The predicted molar refractivity (Wildman–Crippen MR) is 59.5 cm³/mol. The average Bonchev–Trinajstić information content (AvgIpc) is 2.12. The van der Waals surface area contributed by atoms with E-state index < -0.39 is 0 Å². The number of halogens is 1. The molecule has 0 aromatic heterocycles. The van der Waals surface area contributed by atoms with E-state index in [1.807, 2.05) is 32.0 Å². The van der Waals surface area contributed by atoms with Crippen LogP contribution in [0.1, 0.15) is 18.9 Å². The normalized spacial score (nSPS) is 11.9. The molecule has 2 nitrogen and oxygen atoms in total. The van der Waals surface area contributed by atoms with E-state index in [1.54, 1.807) is 0 Å². The molecule has 74 valence electrons. The first-order chi connectivity index (χ1) is 6.65. The number of anilines is 1. The lowest BCUT2D eigenvalue weighted by molar-refractivity contribution is 0.820. The van der Waals surface area contributed by atoms with Crippen molar-refractivity contribution in [2.75, 3.05) is 5.32 Å². The van der Waals surface area contributed by atoms with Crippen molar-refractivity contribution in [2.45, 2.75) is 26.3 Å². The van der Waals surface area contributed by atoms with Crippen molar-refractivity contribution in [3.63, 3.8) is 0 Å². The minimum Gasteiger partial charge on any atom is -0.380 e. The molecule has 0 spiro atoms. The van der Waals surface area contributed by atoms with Crippen molar-refractivity contribution in [1.29, 1.82) is 5.26 Å². The van der Waals surface area contributed by atoms with Crippen LogP contribution in [-0.4, -0.2) is 6.04 Å². The average molecular weight is 209 g/mol. The lowest BCUT2D eigenvalue weighted by Gasteiger charge is -2.15. The van der Waals surface area contributed by atoms with Gasteiger partial charge in [0.1, 0.15) is 0 Å². The van der Waals surface area contributed by atoms with Gasteiger partial charge >= 0.3 is 0 Å². The molecule has 1 unspecified atom stereocenters. The number of benzene rings is 1. The Hall–Kier alpha value is -1.20. The van der Waals surface area contributed by atoms with Gasteiger partial charge in [0.05, 0.1) is 23.2 Å². The minimum absolute atomic E-state index is 0.124. The summed E-state index contributed by atoms with van der Waals surface area (Å²) in [6, 6.07) is 8.00. The van der Waals surface area contributed by atoms with Crippen LogP contribution in [0.2, 0.25) is 5.02 Å². The second kappa shape index (κ2) is 4.88. The van der Waals surface area contributed by atoms with E-state index in [0.717, 1.165) is 11.3 Å². The van der Waals surface area contributed by atoms with Gasteiger partial charge in [0.25, 0.3) is 0 Å².